The van der Waals surface area contributed by atoms with E-state index in [9.17, 15) is 18.0 Å². The first kappa shape index (κ1) is 28.8. The predicted molar refractivity (Wildman–Crippen MR) is 146 cm³/mol. The van der Waals surface area contributed by atoms with Crippen molar-refractivity contribution in [1.29, 1.82) is 0 Å². The first-order chi connectivity index (χ1) is 18.1. The number of ether oxygens (including phenoxy) is 2. The maximum atomic E-state index is 13.8. The zero-order chi connectivity index (χ0) is 27.9. The Balaban J connectivity index is 2.09. The first-order valence-electron chi connectivity index (χ1n) is 11.7. The summed E-state index contributed by atoms with van der Waals surface area (Å²) >= 11 is 6.22. The number of sulfonamides is 1. The van der Waals surface area contributed by atoms with Gasteiger partial charge in [-0.1, -0.05) is 41.9 Å². The standard InChI is InChI=1S/C27H30ClN3O6S/c1-19(27(33)29-2)30(17-20-9-8-10-22(15-20)36-3)26(32)18-31(24-16-21(28)13-14-25(24)37-4)38(34,35)23-11-6-5-7-12-23/h5-16,19H,17-18H2,1-4H3,(H,29,33). The normalized spacial score (nSPS) is 11.8. The van der Waals surface area contributed by atoms with Gasteiger partial charge in [0.05, 0.1) is 24.8 Å². The number of amides is 2. The molecule has 0 heterocycles. The molecule has 1 N–H and O–H groups in total. The van der Waals surface area contributed by atoms with Gasteiger partial charge in [-0.3, -0.25) is 13.9 Å². The number of nitrogens with one attached hydrogen (secondary N) is 1. The average molecular weight is 560 g/mol. The van der Waals surface area contributed by atoms with Crippen molar-refractivity contribution in [3.63, 3.8) is 0 Å². The SMILES string of the molecule is CNC(=O)C(C)N(Cc1cccc(OC)c1)C(=O)CN(c1cc(Cl)ccc1OC)S(=O)(=O)c1ccccc1. The monoisotopic (exact) mass is 559 g/mol. The van der Waals surface area contributed by atoms with Gasteiger partial charge in [0.15, 0.2) is 0 Å². The summed E-state index contributed by atoms with van der Waals surface area (Å²) in [6, 6.07) is 18.4. The molecule has 202 valence electrons. The lowest BCUT2D eigenvalue weighted by Crippen LogP contribution is -2.50. The van der Waals surface area contributed by atoms with E-state index in [-0.39, 0.29) is 27.9 Å². The second-order valence-corrected chi connectivity index (χ2v) is 10.6. The van der Waals surface area contributed by atoms with Crippen LogP contribution in [0.4, 0.5) is 5.69 Å². The highest BCUT2D eigenvalue weighted by molar-refractivity contribution is 7.92. The second kappa shape index (κ2) is 12.7. The fourth-order valence-electron chi connectivity index (χ4n) is 3.85. The zero-order valence-corrected chi connectivity index (χ0v) is 23.1. The van der Waals surface area contributed by atoms with E-state index < -0.39 is 34.4 Å². The number of anilines is 1. The van der Waals surface area contributed by atoms with Crippen LogP contribution in [0.2, 0.25) is 5.02 Å². The van der Waals surface area contributed by atoms with Gasteiger partial charge < -0.3 is 19.7 Å². The molecule has 0 saturated carbocycles. The Hall–Kier alpha value is -3.76. The minimum atomic E-state index is -4.24. The van der Waals surface area contributed by atoms with E-state index in [1.807, 2.05) is 0 Å². The molecule has 0 aliphatic heterocycles. The fraction of sp³-hybridized carbons (Fsp3) is 0.259. The molecule has 0 aromatic heterocycles. The minimum absolute atomic E-state index is 0.0199. The molecular weight excluding hydrogens is 530 g/mol. The van der Waals surface area contributed by atoms with E-state index in [1.165, 1.54) is 50.4 Å². The summed E-state index contributed by atoms with van der Waals surface area (Å²) in [5.74, 6) is -0.218. The molecule has 0 aliphatic carbocycles. The van der Waals surface area contributed by atoms with Crippen molar-refractivity contribution in [1.82, 2.24) is 10.2 Å². The van der Waals surface area contributed by atoms with Crippen molar-refractivity contribution in [3.05, 3.63) is 83.4 Å². The third kappa shape index (κ3) is 6.56. The molecule has 0 bridgehead atoms. The summed E-state index contributed by atoms with van der Waals surface area (Å²) in [6.07, 6.45) is 0. The second-order valence-electron chi connectivity index (χ2n) is 8.30. The van der Waals surface area contributed by atoms with E-state index >= 15 is 0 Å². The minimum Gasteiger partial charge on any atom is -0.497 e. The van der Waals surface area contributed by atoms with Gasteiger partial charge in [0.1, 0.15) is 24.1 Å². The van der Waals surface area contributed by atoms with Crippen LogP contribution in [-0.4, -0.2) is 59.0 Å². The van der Waals surface area contributed by atoms with Crippen LogP contribution in [0.5, 0.6) is 11.5 Å². The van der Waals surface area contributed by atoms with Crippen LogP contribution >= 0.6 is 11.6 Å². The highest BCUT2D eigenvalue weighted by atomic mass is 35.5. The zero-order valence-electron chi connectivity index (χ0n) is 21.5. The van der Waals surface area contributed by atoms with Crippen molar-refractivity contribution in [2.45, 2.75) is 24.4 Å². The van der Waals surface area contributed by atoms with E-state index in [2.05, 4.69) is 5.32 Å². The molecule has 3 aromatic carbocycles. The smallest absolute Gasteiger partial charge is 0.264 e. The maximum absolute atomic E-state index is 13.8. The predicted octanol–water partition coefficient (Wildman–Crippen LogP) is 3.72. The number of carbonyl (C=O) groups excluding carboxylic acids is 2. The van der Waals surface area contributed by atoms with Crippen LogP contribution in [0.15, 0.2) is 77.7 Å². The number of nitrogens with zero attached hydrogens (tertiary/aromatic N) is 2. The fourth-order valence-corrected chi connectivity index (χ4v) is 5.45. The van der Waals surface area contributed by atoms with Gasteiger partial charge in [0, 0.05) is 18.6 Å². The Morgan fingerprint density at radius 1 is 0.974 bits per heavy atom. The number of methoxy groups -OCH3 is 2. The summed E-state index contributed by atoms with van der Waals surface area (Å²) in [6.45, 7) is 1.00. The lowest BCUT2D eigenvalue weighted by Gasteiger charge is -2.32. The number of carbonyl (C=O) groups is 2. The summed E-state index contributed by atoms with van der Waals surface area (Å²) < 4.78 is 39.3. The van der Waals surface area contributed by atoms with Crippen LogP contribution < -0.4 is 19.1 Å². The van der Waals surface area contributed by atoms with Gasteiger partial charge in [0.2, 0.25) is 11.8 Å². The third-order valence-corrected chi connectivity index (χ3v) is 7.93. The van der Waals surface area contributed by atoms with E-state index in [0.717, 1.165) is 4.31 Å². The molecule has 0 fully saturated rings. The lowest BCUT2D eigenvalue weighted by atomic mass is 10.1. The van der Waals surface area contributed by atoms with Gasteiger partial charge in [-0.15, -0.1) is 0 Å². The largest absolute Gasteiger partial charge is 0.497 e. The van der Waals surface area contributed by atoms with Gasteiger partial charge in [-0.05, 0) is 55.0 Å². The van der Waals surface area contributed by atoms with Crippen LogP contribution in [-0.2, 0) is 26.2 Å². The van der Waals surface area contributed by atoms with Gasteiger partial charge in [-0.25, -0.2) is 8.42 Å². The number of hydrogen-bond acceptors (Lipinski definition) is 6. The van der Waals surface area contributed by atoms with Crippen molar-refractivity contribution in [3.8, 4) is 11.5 Å². The van der Waals surface area contributed by atoms with Gasteiger partial charge >= 0.3 is 0 Å². The Kier molecular flexibility index (Phi) is 9.60. The molecule has 0 aliphatic rings. The molecule has 2 amide bonds. The Morgan fingerprint density at radius 3 is 2.32 bits per heavy atom. The van der Waals surface area contributed by atoms with Crippen LogP contribution in [0.25, 0.3) is 0 Å². The first-order valence-corrected chi connectivity index (χ1v) is 13.5. The molecule has 0 radical (unpaired) electrons. The van der Waals surface area contributed by atoms with Crippen molar-refractivity contribution >= 4 is 39.1 Å². The Labute approximate surface area is 228 Å². The Morgan fingerprint density at radius 2 is 1.68 bits per heavy atom. The van der Waals surface area contributed by atoms with Crippen LogP contribution in [0.3, 0.4) is 0 Å². The lowest BCUT2D eigenvalue weighted by molar-refractivity contribution is -0.139. The van der Waals surface area contributed by atoms with E-state index in [1.54, 1.807) is 55.5 Å². The highest BCUT2D eigenvalue weighted by Gasteiger charge is 2.33. The number of halogens is 1. The molecule has 3 aromatic rings. The van der Waals surface area contributed by atoms with Crippen LogP contribution in [0.1, 0.15) is 12.5 Å². The summed E-state index contributed by atoms with van der Waals surface area (Å²) in [5, 5.41) is 2.81. The molecule has 0 saturated heterocycles. The van der Waals surface area contributed by atoms with Crippen molar-refractivity contribution in [2.24, 2.45) is 0 Å². The topological polar surface area (TPSA) is 105 Å². The molecule has 1 atom stereocenters. The molecule has 11 heteroatoms. The molecular formula is C27H30ClN3O6S. The molecule has 38 heavy (non-hydrogen) atoms. The third-order valence-electron chi connectivity index (χ3n) is 5.92. The molecule has 9 nitrogen and oxygen atoms in total. The summed E-state index contributed by atoms with van der Waals surface area (Å²) in [5.41, 5.74) is 0.789. The maximum Gasteiger partial charge on any atom is 0.264 e. The van der Waals surface area contributed by atoms with Gasteiger partial charge in [0.25, 0.3) is 10.0 Å². The molecule has 1 unspecified atom stereocenters. The Bertz CT molecular complexity index is 1380. The van der Waals surface area contributed by atoms with E-state index in [4.69, 9.17) is 21.1 Å². The summed E-state index contributed by atoms with van der Waals surface area (Å²) in [4.78, 5) is 27.7. The molecule has 3 rings (SSSR count). The van der Waals surface area contributed by atoms with Crippen molar-refractivity contribution in [2.75, 3.05) is 32.1 Å². The number of benzene rings is 3. The van der Waals surface area contributed by atoms with Crippen LogP contribution in [0, 0.1) is 0 Å². The average Bonchev–Trinajstić information content (AvgIpc) is 2.94. The quantitative estimate of drug-likeness (QED) is 0.384. The molecule has 0 spiro atoms. The number of likely N-dealkylation sites (N-methyl/N-ethyl adjacent to an activating group) is 1. The highest BCUT2D eigenvalue weighted by Crippen LogP contribution is 2.35. The van der Waals surface area contributed by atoms with Crippen molar-refractivity contribution < 1.29 is 27.5 Å². The van der Waals surface area contributed by atoms with E-state index in [0.29, 0.717) is 11.3 Å². The number of hydrogen-bond donors (Lipinski definition) is 1. The summed E-state index contributed by atoms with van der Waals surface area (Å²) in [7, 11) is 0.149. The number of rotatable bonds is 11. The van der Waals surface area contributed by atoms with Gasteiger partial charge in [-0.2, -0.15) is 0 Å².